The molecule has 0 aromatic heterocycles. The molecule has 0 aliphatic rings. The van der Waals surface area contributed by atoms with Gasteiger partial charge in [0.2, 0.25) is 0 Å². The molecule has 0 radical (unpaired) electrons. The average Bonchev–Trinajstić information content (AvgIpc) is 1.94. The van der Waals surface area contributed by atoms with Crippen molar-refractivity contribution in [1.29, 1.82) is 0 Å². The van der Waals surface area contributed by atoms with Crippen molar-refractivity contribution < 1.29 is 5.11 Å². The molecule has 1 N–H and O–H groups in total. The third kappa shape index (κ3) is 2.12. The van der Waals surface area contributed by atoms with Crippen LogP contribution < -0.4 is 0 Å². The van der Waals surface area contributed by atoms with E-state index >= 15 is 0 Å². The van der Waals surface area contributed by atoms with Gasteiger partial charge in [0.05, 0.1) is 0 Å². The standard InChI is InChI=1S/C11H14O/c1-8(2)6-10-5-4-9(3)7-11(10)12/h4-7,12H,1-3H3. The second-order valence-electron chi connectivity index (χ2n) is 3.28. The van der Waals surface area contributed by atoms with Gasteiger partial charge in [0.15, 0.2) is 0 Å². The molecule has 0 unspecified atom stereocenters. The van der Waals surface area contributed by atoms with E-state index in [4.69, 9.17) is 0 Å². The first-order valence-corrected chi connectivity index (χ1v) is 4.04. The van der Waals surface area contributed by atoms with Crippen molar-refractivity contribution in [2.24, 2.45) is 0 Å². The van der Waals surface area contributed by atoms with E-state index < -0.39 is 0 Å². The Balaban J connectivity index is 3.10. The van der Waals surface area contributed by atoms with Crippen molar-refractivity contribution in [2.45, 2.75) is 20.8 Å². The van der Waals surface area contributed by atoms with Crippen LogP contribution in [0.3, 0.4) is 0 Å². The molecule has 0 amide bonds. The van der Waals surface area contributed by atoms with Gasteiger partial charge in [-0.25, -0.2) is 0 Å². The molecule has 0 aliphatic carbocycles. The van der Waals surface area contributed by atoms with Crippen molar-refractivity contribution in [1.82, 2.24) is 0 Å². The maximum atomic E-state index is 9.50. The van der Waals surface area contributed by atoms with E-state index in [1.807, 2.05) is 39.0 Å². The fraction of sp³-hybridized carbons (Fsp3) is 0.273. The number of aromatic hydroxyl groups is 1. The molecule has 1 aromatic rings. The quantitative estimate of drug-likeness (QED) is 0.672. The summed E-state index contributed by atoms with van der Waals surface area (Å²) in [5.41, 5.74) is 3.16. The highest BCUT2D eigenvalue weighted by molar-refractivity contribution is 5.59. The Bertz CT molecular complexity index is 307. The molecule has 1 nitrogen and oxygen atoms in total. The number of aryl methyl sites for hydroxylation is 1. The van der Waals surface area contributed by atoms with Gasteiger partial charge < -0.3 is 5.11 Å². The van der Waals surface area contributed by atoms with E-state index in [1.165, 1.54) is 5.57 Å². The molecule has 0 saturated heterocycles. The SMILES string of the molecule is CC(C)=Cc1ccc(C)cc1O. The van der Waals surface area contributed by atoms with Gasteiger partial charge in [-0.2, -0.15) is 0 Å². The third-order valence-corrected chi connectivity index (χ3v) is 1.63. The summed E-state index contributed by atoms with van der Waals surface area (Å²) >= 11 is 0. The zero-order valence-corrected chi connectivity index (χ0v) is 7.76. The smallest absolute Gasteiger partial charge is 0.123 e. The van der Waals surface area contributed by atoms with E-state index in [1.54, 1.807) is 6.07 Å². The van der Waals surface area contributed by atoms with Crippen molar-refractivity contribution in [3.8, 4) is 5.75 Å². The zero-order chi connectivity index (χ0) is 9.14. The van der Waals surface area contributed by atoms with E-state index in [-0.39, 0.29) is 0 Å². The first kappa shape index (κ1) is 8.85. The molecule has 0 saturated carbocycles. The Morgan fingerprint density at radius 2 is 2.00 bits per heavy atom. The lowest BCUT2D eigenvalue weighted by Gasteiger charge is -2.00. The minimum absolute atomic E-state index is 0.358. The van der Waals surface area contributed by atoms with Crippen LogP contribution in [0.5, 0.6) is 5.75 Å². The number of phenolic OH excluding ortho intramolecular Hbond substituents is 1. The number of allylic oxidation sites excluding steroid dienone is 1. The lowest BCUT2D eigenvalue weighted by atomic mass is 10.1. The second-order valence-corrected chi connectivity index (χ2v) is 3.28. The molecule has 0 heterocycles. The van der Waals surface area contributed by atoms with Crippen LogP contribution in [0.4, 0.5) is 0 Å². The summed E-state index contributed by atoms with van der Waals surface area (Å²) < 4.78 is 0. The Morgan fingerprint density at radius 1 is 1.33 bits per heavy atom. The molecule has 0 fully saturated rings. The average molecular weight is 162 g/mol. The monoisotopic (exact) mass is 162 g/mol. The molecule has 0 bridgehead atoms. The molecular weight excluding hydrogens is 148 g/mol. The lowest BCUT2D eigenvalue weighted by Crippen LogP contribution is -1.77. The topological polar surface area (TPSA) is 20.2 Å². The molecule has 1 heteroatoms. The number of rotatable bonds is 1. The van der Waals surface area contributed by atoms with Crippen LogP contribution in [0.15, 0.2) is 23.8 Å². The summed E-state index contributed by atoms with van der Waals surface area (Å²) in [4.78, 5) is 0. The van der Waals surface area contributed by atoms with Gasteiger partial charge in [-0.15, -0.1) is 0 Å². The van der Waals surface area contributed by atoms with Crippen LogP contribution in [0.1, 0.15) is 25.0 Å². The predicted octanol–water partition coefficient (Wildman–Crippen LogP) is 3.12. The minimum Gasteiger partial charge on any atom is -0.507 e. The van der Waals surface area contributed by atoms with Crippen molar-refractivity contribution in [2.75, 3.05) is 0 Å². The zero-order valence-electron chi connectivity index (χ0n) is 7.76. The van der Waals surface area contributed by atoms with Crippen LogP contribution in [0.2, 0.25) is 0 Å². The van der Waals surface area contributed by atoms with E-state index in [0.717, 1.165) is 11.1 Å². The van der Waals surface area contributed by atoms with Crippen LogP contribution in [-0.2, 0) is 0 Å². The van der Waals surface area contributed by atoms with Gasteiger partial charge in [0, 0.05) is 5.56 Å². The highest BCUT2D eigenvalue weighted by Crippen LogP contribution is 2.20. The summed E-state index contributed by atoms with van der Waals surface area (Å²) in [5.74, 6) is 0.358. The van der Waals surface area contributed by atoms with Gasteiger partial charge >= 0.3 is 0 Å². The number of hydrogen-bond acceptors (Lipinski definition) is 1. The molecule has 1 rings (SSSR count). The molecule has 0 aliphatic heterocycles. The number of hydrogen-bond donors (Lipinski definition) is 1. The fourth-order valence-electron chi connectivity index (χ4n) is 1.09. The van der Waals surface area contributed by atoms with Crippen LogP contribution >= 0.6 is 0 Å². The highest BCUT2D eigenvalue weighted by atomic mass is 16.3. The van der Waals surface area contributed by atoms with Crippen molar-refractivity contribution in [3.63, 3.8) is 0 Å². The lowest BCUT2D eigenvalue weighted by molar-refractivity contribution is 0.473. The van der Waals surface area contributed by atoms with Crippen LogP contribution in [0, 0.1) is 6.92 Å². The number of benzene rings is 1. The van der Waals surface area contributed by atoms with Gasteiger partial charge in [-0.1, -0.05) is 23.8 Å². The minimum atomic E-state index is 0.358. The Morgan fingerprint density at radius 3 is 2.50 bits per heavy atom. The summed E-state index contributed by atoms with van der Waals surface area (Å²) in [6.07, 6.45) is 1.97. The van der Waals surface area contributed by atoms with E-state index in [9.17, 15) is 5.11 Å². The largest absolute Gasteiger partial charge is 0.507 e. The van der Waals surface area contributed by atoms with Gasteiger partial charge in [0.1, 0.15) is 5.75 Å². The van der Waals surface area contributed by atoms with Gasteiger partial charge in [0.25, 0.3) is 0 Å². The van der Waals surface area contributed by atoms with E-state index in [0.29, 0.717) is 5.75 Å². The molecule has 1 aromatic carbocycles. The summed E-state index contributed by atoms with van der Waals surface area (Å²) in [6, 6.07) is 5.70. The molecule has 0 spiro atoms. The molecule has 64 valence electrons. The summed E-state index contributed by atoms with van der Waals surface area (Å²) in [7, 11) is 0. The maximum absolute atomic E-state index is 9.50. The maximum Gasteiger partial charge on any atom is 0.123 e. The number of phenols is 1. The van der Waals surface area contributed by atoms with E-state index in [2.05, 4.69) is 0 Å². The third-order valence-electron chi connectivity index (χ3n) is 1.63. The molecule has 0 atom stereocenters. The molecule has 12 heavy (non-hydrogen) atoms. The molecular formula is C11H14O. The van der Waals surface area contributed by atoms with Gasteiger partial charge in [-0.3, -0.25) is 0 Å². The first-order valence-electron chi connectivity index (χ1n) is 4.04. The first-order chi connectivity index (χ1) is 5.59. The predicted molar refractivity (Wildman–Crippen MR) is 52.2 cm³/mol. The summed E-state index contributed by atoms with van der Waals surface area (Å²) in [5, 5.41) is 9.50. The summed E-state index contributed by atoms with van der Waals surface area (Å²) in [6.45, 7) is 5.99. The fourth-order valence-corrected chi connectivity index (χ4v) is 1.09. The highest BCUT2D eigenvalue weighted by Gasteiger charge is 1.96. The Kier molecular flexibility index (Phi) is 2.54. The second kappa shape index (κ2) is 3.44. The van der Waals surface area contributed by atoms with Gasteiger partial charge in [-0.05, 0) is 32.4 Å². The normalized spacial score (nSPS) is 9.58. The Labute approximate surface area is 73.4 Å². The Hall–Kier alpha value is -1.24. The van der Waals surface area contributed by atoms with Crippen molar-refractivity contribution in [3.05, 3.63) is 34.9 Å². The van der Waals surface area contributed by atoms with Crippen molar-refractivity contribution >= 4 is 6.08 Å². The van der Waals surface area contributed by atoms with Crippen LogP contribution in [-0.4, -0.2) is 5.11 Å². The van der Waals surface area contributed by atoms with Crippen LogP contribution in [0.25, 0.3) is 6.08 Å².